The highest BCUT2D eigenvalue weighted by molar-refractivity contribution is 6.16. The molecule has 0 fully saturated rings. The van der Waals surface area contributed by atoms with Crippen LogP contribution in [0.5, 0.6) is 0 Å². The van der Waals surface area contributed by atoms with Gasteiger partial charge in [-0.25, -0.2) is 24.9 Å². The first-order valence-electron chi connectivity index (χ1n) is 30.3. The second-order valence-electron chi connectivity index (χ2n) is 23.3. The lowest BCUT2D eigenvalue weighted by atomic mass is 9.60. The van der Waals surface area contributed by atoms with Crippen molar-refractivity contribution in [1.82, 2.24) is 39.5 Å². The number of para-hydroxylation sites is 1. The topological polar surface area (TPSA) is 98.4 Å². The van der Waals surface area contributed by atoms with Gasteiger partial charge >= 0.3 is 0 Å². The number of rotatable bonds is 10. The van der Waals surface area contributed by atoms with Gasteiger partial charge in [-0.2, -0.15) is 9.97 Å². The highest BCUT2D eigenvalue weighted by atomic mass is 15.3. The van der Waals surface area contributed by atoms with Crippen molar-refractivity contribution < 1.29 is 0 Å². The molecule has 0 amide bonds. The third-order valence-electron chi connectivity index (χ3n) is 18.3. The van der Waals surface area contributed by atoms with Gasteiger partial charge in [-0.1, -0.05) is 255 Å². The molecule has 9 nitrogen and oxygen atoms in total. The van der Waals surface area contributed by atoms with E-state index < -0.39 is 5.41 Å². The monoisotopic (exact) mass is 1140 g/mol. The van der Waals surface area contributed by atoms with Crippen LogP contribution < -0.4 is 4.90 Å². The van der Waals surface area contributed by atoms with E-state index in [9.17, 15) is 0 Å². The Bertz CT molecular complexity index is 5070. The van der Waals surface area contributed by atoms with E-state index >= 15 is 0 Å². The Morgan fingerprint density at radius 3 is 1.58 bits per heavy atom. The molecule has 0 bridgehead atoms. The molecule has 89 heavy (non-hydrogen) atoms. The molecule has 420 valence electrons. The minimum absolute atomic E-state index is 0.125. The van der Waals surface area contributed by atoms with Crippen LogP contribution in [0.4, 0.5) is 11.6 Å². The van der Waals surface area contributed by atoms with Crippen molar-refractivity contribution in [3.8, 4) is 62.4 Å². The molecule has 1 aliphatic heterocycles. The second kappa shape index (κ2) is 21.1. The van der Waals surface area contributed by atoms with Crippen molar-refractivity contribution in [2.45, 2.75) is 30.6 Å². The van der Waals surface area contributed by atoms with E-state index in [0.717, 1.165) is 89.7 Å². The van der Waals surface area contributed by atoms with Gasteiger partial charge in [-0.05, 0) is 69.6 Å². The summed E-state index contributed by atoms with van der Waals surface area (Å²) in [5.74, 6) is 2.24. The van der Waals surface area contributed by atoms with E-state index in [4.69, 9.17) is 34.9 Å². The fraction of sp³-hybridized carbons (Fsp3) is 0.0625. The maximum atomic E-state index is 5.74. The molecule has 10 aromatic carbocycles. The van der Waals surface area contributed by atoms with Crippen LogP contribution in [0.1, 0.15) is 58.7 Å². The molecule has 2 aliphatic carbocycles. The maximum absolute atomic E-state index is 5.74. The predicted octanol–water partition coefficient (Wildman–Crippen LogP) is 18.7. The van der Waals surface area contributed by atoms with Gasteiger partial charge in [0, 0.05) is 97.5 Å². The summed E-state index contributed by atoms with van der Waals surface area (Å²) in [4.78, 5) is 39.1. The fourth-order valence-corrected chi connectivity index (χ4v) is 14.4. The summed E-state index contributed by atoms with van der Waals surface area (Å²) in [7, 11) is 0. The summed E-state index contributed by atoms with van der Waals surface area (Å²) in [6.07, 6.45) is 17.2. The molecule has 3 aliphatic rings. The molecule has 0 saturated carbocycles. The largest absolute Gasteiger partial charge is 0.312 e. The van der Waals surface area contributed by atoms with Crippen molar-refractivity contribution in [2.75, 3.05) is 4.90 Å². The van der Waals surface area contributed by atoms with Crippen molar-refractivity contribution in [3.63, 3.8) is 0 Å². The lowest BCUT2D eigenvalue weighted by Crippen LogP contribution is -2.40. The summed E-state index contributed by atoms with van der Waals surface area (Å²) in [5.41, 5.74) is 16.9. The van der Waals surface area contributed by atoms with Gasteiger partial charge in [-0.3, -0.25) is 4.90 Å². The van der Waals surface area contributed by atoms with E-state index in [1.165, 1.54) is 27.6 Å². The van der Waals surface area contributed by atoms with Gasteiger partial charge in [0.2, 0.25) is 5.95 Å². The molecule has 5 heterocycles. The summed E-state index contributed by atoms with van der Waals surface area (Å²) in [6, 6.07) is 87.1. The number of anilines is 2. The minimum atomic E-state index is -0.875. The number of benzene rings is 10. The molecule has 3 atom stereocenters. The number of fused-ring (bicyclic) bond motifs is 10. The molecule has 3 unspecified atom stereocenters. The second-order valence-corrected chi connectivity index (χ2v) is 23.3. The standard InChI is InChI=1S/C80H55N9/c1-80-67-46-44-54-30-18-20-40-63(54)72(67)89(79-86-77(57-47-81-75(82-48-57)55-31-11-4-12-32-55)85-78(87-79)58-49-83-76(84-50-58)56-33-13-5-14-34-56)74(80)69(64-41-23-21-37-60(64)51-25-7-2-8-26-51)68-66-45-43-53-29-17-19-39-62(53)71(66)88(59-35-15-6-16-36-59)73(68)70(80)65-42-24-22-38-61(65)52-27-9-3-10-28-52/h2-27,29-50,52,70H,28H2,1H3. The Balaban J connectivity index is 1.05. The molecular weight excluding hydrogens is 1090 g/mol. The molecule has 0 saturated heterocycles. The molecular formula is C80H55N9. The van der Waals surface area contributed by atoms with Gasteiger partial charge in [-0.15, -0.1) is 0 Å². The number of nitrogens with zero attached hydrogens (tertiary/aromatic N) is 9. The molecule has 0 spiro atoms. The van der Waals surface area contributed by atoms with Crippen LogP contribution in [-0.2, 0) is 5.41 Å². The highest BCUT2D eigenvalue weighted by Crippen LogP contribution is 2.68. The van der Waals surface area contributed by atoms with Crippen molar-refractivity contribution in [1.29, 1.82) is 0 Å². The Kier molecular flexibility index (Phi) is 12.3. The average molecular weight is 1140 g/mol. The average Bonchev–Trinajstić information content (AvgIpc) is 1.51. The zero-order chi connectivity index (χ0) is 59.0. The first-order chi connectivity index (χ1) is 44.1. The number of aromatic nitrogens is 8. The van der Waals surface area contributed by atoms with Crippen LogP contribution in [0.15, 0.2) is 297 Å². The third kappa shape index (κ3) is 8.41. The van der Waals surface area contributed by atoms with Gasteiger partial charge in [0.1, 0.15) is 0 Å². The molecule has 0 N–H and O–H groups in total. The Hall–Kier alpha value is -11.6. The quantitative estimate of drug-likeness (QED) is 0.134. The highest BCUT2D eigenvalue weighted by Gasteiger charge is 2.58. The number of hydrogen-bond donors (Lipinski definition) is 0. The molecule has 0 radical (unpaired) electrons. The molecule has 4 aromatic heterocycles. The van der Waals surface area contributed by atoms with Gasteiger partial charge in [0.25, 0.3) is 0 Å². The lowest BCUT2D eigenvalue weighted by Gasteiger charge is -2.45. The van der Waals surface area contributed by atoms with E-state index in [2.05, 4.69) is 223 Å². The summed E-state index contributed by atoms with van der Waals surface area (Å²) in [5, 5.41) is 5.63. The fourth-order valence-electron chi connectivity index (χ4n) is 14.4. The zero-order valence-electron chi connectivity index (χ0n) is 48.6. The Morgan fingerprint density at radius 1 is 0.427 bits per heavy atom. The van der Waals surface area contributed by atoms with Gasteiger partial charge in [0.15, 0.2) is 23.3 Å². The molecule has 9 heteroatoms. The van der Waals surface area contributed by atoms with E-state index in [1.54, 1.807) is 0 Å². The van der Waals surface area contributed by atoms with Crippen molar-refractivity contribution in [3.05, 3.63) is 331 Å². The van der Waals surface area contributed by atoms with Crippen LogP contribution in [0.2, 0.25) is 0 Å². The molecule has 17 rings (SSSR count). The van der Waals surface area contributed by atoms with Gasteiger partial charge in [0.05, 0.1) is 22.3 Å². The van der Waals surface area contributed by atoms with Crippen molar-refractivity contribution in [2.24, 2.45) is 0 Å². The van der Waals surface area contributed by atoms with Crippen LogP contribution in [0.25, 0.3) is 100 Å². The Labute approximate surface area is 515 Å². The minimum Gasteiger partial charge on any atom is -0.312 e. The lowest BCUT2D eigenvalue weighted by molar-refractivity contribution is 0.477. The maximum Gasteiger partial charge on any atom is 0.238 e. The SMILES string of the molecule is CC12C(=C(c3ccccc3-c3ccccc3)c3c(n(-c4ccccc4)c4c3ccc3ccccc34)C1c1ccccc1C1C=CC=CC1)N(c1nc(-c3cnc(-c4ccccc4)nc3)nc(-c3cnc(-c4ccccc4)nc3)n1)c1c2ccc2ccccc12. The Morgan fingerprint density at radius 2 is 0.955 bits per heavy atom. The first-order valence-corrected chi connectivity index (χ1v) is 30.3. The normalized spacial score (nSPS) is 16.7. The van der Waals surface area contributed by atoms with Crippen LogP contribution in [-0.4, -0.2) is 39.5 Å². The third-order valence-corrected chi connectivity index (χ3v) is 18.3. The van der Waals surface area contributed by atoms with Crippen LogP contribution >= 0.6 is 0 Å². The van der Waals surface area contributed by atoms with Crippen LogP contribution in [0.3, 0.4) is 0 Å². The zero-order valence-corrected chi connectivity index (χ0v) is 48.6. The van der Waals surface area contributed by atoms with Crippen molar-refractivity contribution >= 4 is 49.7 Å². The number of hydrogen-bond acceptors (Lipinski definition) is 8. The first kappa shape index (κ1) is 51.8. The smallest absolute Gasteiger partial charge is 0.238 e. The van der Waals surface area contributed by atoms with E-state index in [0.29, 0.717) is 40.4 Å². The number of allylic oxidation sites excluding steroid dienone is 5. The summed E-state index contributed by atoms with van der Waals surface area (Å²) in [6.45, 7) is 2.50. The molecule has 14 aromatic rings. The van der Waals surface area contributed by atoms with Crippen LogP contribution in [0, 0.1) is 0 Å². The summed E-state index contributed by atoms with van der Waals surface area (Å²) >= 11 is 0. The summed E-state index contributed by atoms with van der Waals surface area (Å²) < 4.78 is 2.62. The predicted molar refractivity (Wildman–Crippen MR) is 359 cm³/mol. The van der Waals surface area contributed by atoms with E-state index in [-0.39, 0.29) is 11.8 Å². The van der Waals surface area contributed by atoms with Gasteiger partial charge < -0.3 is 4.57 Å². The van der Waals surface area contributed by atoms with E-state index in [1.807, 2.05) is 85.5 Å².